The standard InChI is InChI=1S/C5H12N6S/c6-8-5(12)9-10-11-3-1-7-2-4-11/h6-7,10H,1-4H2,(H,9,12). The molecule has 0 aliphatic carbocycles. The van der Waals surface area contributed by atoms with Gasteiger partial charge in [0.05, 0.1) is 0 Å². The highest BCUT2D eigenvalue weighted by Gasteiger charge is 2.07. The zero-order valence-electron chi connectivity index (χ0n) is 6.63. The third-order valence-electron chi connectivity index (χ3n) is 1.54. The fraction of sp³-hybridized carbons (Fsp3) is 0.800. The summed E-state index contributed by atoms with van der Waals surface area (Å²) in [6.45, 7) is 3.74. The number of hydrazine groups is 2. The molecule has 0 radical (unpaired) electrons. The van der Waals surface area contributed by atoms with Gasteiger partial charge in [0.1, 0.15) is 0 Å². The second-order valence-electron chi connectivity index (χ2n) is 2.39. The van der Waals surface area contributed by atoms with Crippen molar-refractivity contribution < 1.29 is 0 Å². The minimum atomic E-state index is 0.147. The van der Waals surface area contributed by atoms with E-state index in [4.69, 9.17) is 5.53 Å². The van der Waals surface area contributed by atoms with Crippen molar-refractivity contribution in [3.05, 3.63) is 0 Å². The summed E-state index contributed by atoms with van der Waals surface area (Å²) in [5.74, 6) is 0. The molecule has 4 N–H and O–H groups in total. The van der Waals surface area contributed by atoms with Crippen LogP contribution in [0.5, 0.6) is 0 Å². The van der Waals surface area contributed by atoms with E-state index >= 15 is 0 Å². The predicted molar refractivity (Wildman–Crippen MR) is 48.5 cm³/mol. The van der Waals surface area contributed by atoms with Gasteiger partial charge in [-0.25, -0.2) is 10.5 Å². The molecule has 1 rings (SSSR count). The molecule has 0 atom stereocenters. The van der Waals surface area contributed by atoms with Crippen molar-refractivity contribution in [3.63, 3.8) is 0 Å². The molecule has 1 fully saturated rings. The van der Waals surface area contributed by atoms with Crippen molar-refractivity contribution in [3.8, 4) is 0 Å². The first kappa shape index (κ1) is 9.46. The molecule has 0 saturated carbocycles. The Morgan fingerprint density at radius 2 is 2.17 bits per heavy atom. The van der Waals surface area contributed by atoms with Gasteiger partial charge in [0.2, 0.25) is 5.11 Å². The first-order valence-electron chi connectivity index (χ1n) is 3.71. The van der Waals surface area contributed by atoms with Crippen LogP contribution in [-0.4, -0.2) is 36.3 Å². The minimum Gasteiger partial charge on any atom is -0.314 e. The van der Waals surface area contributed by atoms with Gasteiger partial charge in [-0.05, 0) is 12.2 Å². The molecule has 0 bridgehead atoms. The first-order valence-corrected chi connectivity index (χ1v) is 4.12. The maximum atomic E-state index is 6.58. The third kappa shape index (κ3) is 3.18. The molecule has 0 aromatic rings. The SMILES string of the molecule is N=NC(=S)NNN1CCNCC1. The summed E-state index contributed by atoms with van der Waals surface area (Å²) in [5.41, 5.74) is 12.1. The lowest BCUT2D eigenvalue weighted by molar-refractivity contribution is 0.150. The molecule has 0 unspecified atom stereocenters. The Morgan fingerprint density at radius 1 is 1.50 bits per heavy atom. The van der Waals surface area contributed by atoms with E-state index in [1.54, 1.807) is 0 Å². The second kappa shape index (κ2) is 5.09. The number of hydrogen-bond acceptors (Lipinski definition) is 5. The maximum Gasteiger partial charge on any atom is 0.228 e. The van der Waals surface area contributed by atoms with Crippen molar-refractivity contribution >= 4 is 17.3 Å². The van der Waals surface area contributed by atoms with Gasteiger partial charge in [0.15, 0.2) is 0 Å². The summed E-state index contributed by atoms with van der Waals surface area (Å²) in [6, 6.07) is 0. The normalized spacial score (nSPS) is 18.7. The van der Waals surface area contributed by atoms with Gasteiger partial charge in [-0.15, -0.1) is 5.11 Å². The zero-order valence-corrected chi connectivity index (χ0v) is 7.45. The molecule has 12 heavy (non-hydrogen) atoms. The average molecular weight is 188 g/mol. The van der Waals surface area contributed by atoms with Gasteiger partial charge < -0.3 is 5.32 Å². The first-order chi connectivity index (χ1) is 5.83. The quantitative estimate of drug-likeness (QED) is 0.260. The van der Waals surface area contributed by atoms with Crippen LogP contribution in [0.15, 0.2) is 5.11 Å². The fourth-order valence-electron chi connectivity index (χ4n) is 0.931. The Kier molecular flexibility index (Phi) is 4.01. The molecule has 1 saturated heterocycles. The topological polar surface area (TPSA) is 75.5 Å². The second-order valence-corrected chi connectivity index (χ2v) is 2.78. The Bertz CT molecular complexity index is 165. The Morgan fingerprint density at radius 3 is 2.75 bits per heavy atom. The molecule has 1 aliphatic rings. The van der Waals surface area contributed by atoms with Crippen LogP contribution in [0.4, 0.5) is 0 Å². The van der Waals surface area contributed by atoms with Crippen molar-refractivity contribution in [2.45, 2.75) is 0 Å². The van der Waals surface area contributed by atoms with Gasteiger partial charge in [0, 0.05) is 26.2 Å². The zero-order chi connectivity index (χ0) is 8.81. The molecule has 0 aromatic carbocycles. The van der Waals surface area contributed by atoms with E-state index < -0.39 is 0 Å². The summed E-state index contributed by atoms with van der Waals surface area (Å²) in [5, 5.41) is 8.38. The lowest BCUT2D eigenvalue weighted by Crippen LogP contribution is -2.55. The summed E-state index contributed by atoms with van der Waals surface area (Å²) in [4.78, 5) is 0. The van der Waals surface area contributed by atoms with Crippen molar-refractivity contribution in [2.24, 2.45) is 5.11 Å². The molecular weight excluding hydrogens is 176 g/mol. The molecule has 1 heterocycles. The Balaban J connectivity index is 2.12. The van der Waals surface area contributed by atoms with Crippen LogP contribution in [0.1, 0.15) is 0 Å². The Labute approximate surface area is 76.1 Å². The molecule has 0 amide bonds. The summed E-state index contributed by atoms with van der Waals surface area (Å²) < 4.78 is 0. The van der Waals surface area contributed by atoms with Crippen LogP contribution in [-0.2, 0) is 0 Å². The van der Waals surface area contributed by atoms with E-state index in [2.05, 4.69) is 33.6 Å². The van der Waals surface area contributed by atoms with Gasteiger partial charge in [-0.3, -0.25) is 5.43 Å². The van der Waals surface area contributed by atoms with E-state index in [1.807, 2.05) is 5.01 Å². The van der Waals surface area contributed by atoms with Gasteiger partial charge in [-0.1, -0.05) is 0 Å². The van der Waals surface area contributed by atoms with Gasteiger partial charge in [0.25, 0.3) is 0 Å². The summed E-state index contributed by atoms with van der Waals surface area (Å²) in [7, 11) is 0. The molecular formula is C5H12N6S. The Hall–Kier alpha value is -0.630. The number of piperazine rings is 1. The molecule has 68 valence electrons. The molecule has 7 heteroatoms. The number of nitrogens with zero attached hydrogens (tertiary/aromatic N) is 2. The summed E-state index contributed by atoms with van der Waals surface area (Å²) in [6.07, 6.45) is 0. The average Bonchev–Trinajstić information content (AvgIpc) is 2.16. The molecule has 6 nitrogen and oxygen atoms in total. The van der Waals surface area contributed by atoms with E-state index in [0.717, 1.165) is 26.2 Å². The number of rotatable bonds is 2. The molecule has 0 spiro atoms. The largest absolute Gasteiger partial charge is 0.314 e. The van der Waals surface area contributed by atoms with Gasteiger partial charge >= 0.3 is 0 Å². The van der Waals surface area contributed by atoms with E-state index in [1.165, 1.54) is 0 Å². The highest BCUT2D eigenvalue weighted by molar-refractivity contribution is 7.80. The molecule has 0 aromatic heterocycles. The van der Waals surface area contributed by atoms with Crippen LogP contribution < -0.4 is 16.3 Å². The third-order valence-corrected chi connectivity index (χ3v) is 1.73. The monoisotopic (exact) mass is 188 g/mol. The highest BCUT2D eigenvalue weighted by atomic mass is 32.1. The number of nitrogens with one attached hydrogen (secondary N) is 4. The minimum absolute atomic E-state index is 0.147. The van der Waals surface area contributed by atoms with Crippen molar-refractivity contribution in [1.82, 2.24) is 21.3 Å². The smallest absolute Gasteiger partial charge is 0.228 e. The van der Waals surface area contributed by atoms with E-state index in [-0.39, 0.29) is 5.11 Å². The lowest BCUT2D eigenvalue weighted by Gasteiger charge is -2.27. The van der Waals surface area contributed by atoms with Gasteiger partial charge in [-0.2, -0.15) is 5.53 Å². The maximum absolute atomic E-state index is 6.58. The van der Waals surface area contributed by atoms with E-state index in [9.17, 15) is 0 Å². The number of hydrogen-bond donors (Lipinski definition) is 4. The van der Waals surface area contributed by atoms with Crippen LogP contribution in [0.25, 0.3) is 0 Å². The fourth-order valence-corrected chi connectivity index (χ4v) is 0.977. The summed E-state index contributed by atoms with van der Waals surface area (Å²) >= 11 is 4.65. The lowest BCUT2D eigenvalue weighted by atomic mass is 10.4. The van der Waals surface area contributed by atoms with Crippen molar-refractivity contribution in [1.29, 1.82) is 5.53 Å². The van der Waals surface area contributed by atoms with Crippen LogP contribution in [0, 0.1) is 5.53 Å². The van der Waals surface area contributed by atoms with Crippen LogP contribution in [0.3, 0.4) is 0 Å². The van der Waals surface area contributed by atoms with Crippen LogP contribution in [0.2, 0.25) is 0 Å². The molecule has 1 aliphatic heterocycles. The van der Waals surface area contributed by atoms with E-state index in [0.29, 0.717) is 0 Å². The highest BCUT2D eigenvalue weighted by Crippen LogP contribution is 1.84. The van der Waals surface area contributed by atoms with Crippen molar-refractivity contribution in [2.75, 3.05) is 26.2 Å². The number of thiocarbonyl (C=S) groups is 1. The van der Waals surface area contributed by atoms with Crippen LogP contribution >= 0.6 is 12.2 Å². The predicted octanol–water partition coefficient (Wildman–Crippen LogP) is -0.783.